The second kappa shape index (κ2) is 4.64. The van der Waals surface area contributed by atoms with Gasteiger partial charge in [0, 0.05) is 9.79 Å². The monoisotopic (exact) mass is 256 g/mol. The average Bonchev–Trinajstić information content (AvgIpc) is 2.63. The van der Waals surface area contributed by atoms with E-state index >= 15 is 0 Å². The first kappa shape index (κ1) is 11.7. The summed E-state index contributed by atoms with van der Waals surface area (Å²) in [5.74, 6) is 1.26. The van der Waals surface area contributed by atoms with Crippen molar-refractivity contribution in [3.8, 4) is 0 Å². The maximum Gasteiger partial charge on any atom is 0.0373 e. The van der Waals surface area contributed by atoms with Crippen LogP contribution in [0.4, 0.5) is 0 Å². The fraction of sp³-hybridized carbons (Fsp3) is 0.500. The van der Waals surface area contributed by atoms with Crippen LogP contribution in [0.25, 0.3) is 0 Å². The SMILES string of the molecule is CC(C)c1ccc(C(C)C)c2c1SSS2. The molecule has 1 aliphatic heterocycles. The van der Waals surface area contributed by atoms with Crippen molar-refractivity contribution in [2.24, 2.45) is 0 Å². The van der Waals surface area contributed by atoms with Crippen LogP contribution in [0.15, 0.2) is 21.9 Å². The van der Waals surface area contributed by atoms with Gasteiger partial charge in [-0.3, -0.25) is 0 Å². The molecule has 0 aliphatic carbocycles. The van der Waals surface area contributed by atoms with E-state index in [9.17, 15) is 0 Å². The molecule has 1 aromatic rings. The smallest absolute Gasteiger partial charge is 0.0373 e. The Morgan fingerprint density at radius 2 is 1.20 bits per heavy atom. The Hall–Kier alpha value is 0.270. The molecule has 82 valence electrons. The Morgan fingerprint density at radius 1 is 0.800 bits per heavy atom. The summed E-state index contributed by atoms with van der Waals surface area (Å²) in [5.41, 5.74) is 3.02. The van der Waals surface area contributed by atoms with E-state index in [1.807, 2.05) is 31.4 Å². The fourth-order valence-corrected chi connectivity index (χ4v) is 6.80. The number of rotatable bonds is 2. The van der Waals surface area contributed by atoms with Gasteiger partial charge in [0.2, 0.25) is 0 Å². The van der Waals surface area contributed by atoms with Gasteiger partial charge >= 0.3 is 0 Å². The molecule has 2 rings (SSSR count). The molecule has 15 heavy (non-hydrogen) atoms. The van der Waals surface area contributed by atoms with E-state index in [0.717, 1.165) is 0 Å². The summed E-state index contributed by atoms with van der Waals surface area (Å²) in [5, 5.41) is 0. The van der Waals surface area contributed by atoms with Gasteiger partial charge in [0.1, 0.15) is 0 Å². The molecule has 0 nitrogen and oxygen atoms in total. The van der Waals surface area contributed by atoms with Crippen molar-refractivity contribution < 1.29 is 0 Å². The number of fused-ring (bicyclic) bond motifs is 1. The fourth-order valence-electron chi connectivity index (χ4n) is 1.76. The van der Waals surface area contributed by atoms with E-state index in [-0.39, 0.29) is 0 Å². The molecule has 1 aliphatic rings. The van der Waals surface area contributed by atoms with Crippen molar-refractivity contribution >= 4 is 31.4 Å². The average molecular weight is 256 g/mol. The van der Waals surface area contributed by atoms with Gasteiger partial charge in [-0.25, -0.2) is 0 Å². The molecule has 1 heterocycles. The molecular weight excluding hydrogens is 240 g/mol. The zero-order chi connectivity index (χ0) is 11.0. The number of benzene rings is 1. The molecule has 0 unspecified atom stereocenters. The highest BCUT2D eigenvalue weighted by atomic mass is 33.5. The number of hydrogen-bond acceptors (Lipinski definition) is 3. The van der Waals surface area contributed by atoms with Gasteiger partial charge in [-0.2, -0.15) is 0 Å². The predicted molar refractivity (Wildman–Crippen MR) is 73.9 cm³/mol. The molecular formula is C12H16S3. The summed E-state index contributed by atoms with van der Waals surface area (Å²) >= 11 is 0. The minimum Gasteiger partial charge on any atom is -0.0586 e. The van der Waals surface area contributed by atoms with Gasteiger partial charge in [0.25, 0.3) is 0 Å². The van der Waals surface area contributed by atoms with Crippen LogP contribution in [0, 0.1) is 0 Å². The molecule has 0 atom stereocenters. The van der Waals surface area contributed by atoms with Crippen LogP contribution in [-0.4, -0.2) is 0 Å². The zero-order valence-corrected chi connectivity index (χ0v) is 12.0. The molecule has 0 spiro atoms. The van der Waals surface area contributed by atoms with Crippen LogP contribution < -0.4 is 0 Å². The molecule has 1 aromatic carbocycles. The van der Waals surface area contributed by atoms with E-state index < -0.39 is 0 Å². The summed E-state index contributed by atoms with van der Waals surface area (Å²) < 4.78 is 0. The zero-order valence-electron chi connectivity index (χ0n) is 9.53. The van der Waals surface area contributed by atoms with E-state index in [1.165, 1.54) is 20.9 Å². The van der Waals surface area contributed by atoms with Gasteiger partial charge in [-0.15, -0.1) is 0 Å². The summed E-state index contributed by atoms with van der Waals surface area (Å²) in [6.07, 6.45) is 0. The molecule has 0 N–H and O–H groups in total. The van der Waals surface area contributed by atoms with E-state index in [2.05, 4.69) is 39.8 Å². The summed E-state index contributed by atoms with van der Waals surface area (Å²) in [6, 6.07) is 4.64. The second-order valence-corrected chi connectivity index (χ2v) is 8.37. The van der Waals surface area contributed by atoms with Gasteiger partial charge in [-0.1, -0.05) is 39.8 Å². The Kier molecular flexibility index (Phi) is 3.63. The third kappa shape index (κ3) is 2.20. The lowest BCUT2D eigenvalue weighted by atomic mass is 9.97. The molecule has 0 bridgehead atoms. The molecule has 0 radical (unpaired) electrons. The first-order valence-corrected chi connectivity index (χ1v) is 8.77. The highest BCUT2D eigenvalue weighted by Gasteiger charge is 2.23. The highest BCUT2D eigenvalue weighted by Crippen LogP contribution is 2.59. The van der Waals surface area contributed by atoms with Crippen LogP contribution >= 0.6 is 31.4 Å². The minimum absolute atomic E-state index is 0.631. The molecule has 3 heteroatoms. The third-order valence-corrected chi connectivity index (χ3v) is 6.76. The summed E-state index contributed by atoms with van der Waals surface area (Å²) in [6.45, 7) is 9.11. The van der Waals surface area contributed by atoms with Gasteiger partial charge in [-0.05, 0) is 54.4 Å². The van der Waals surface area contributed by atoms with Crippen LogP contribution in [-0.2, 0) is 0 Å². The van der Waals surface area contributed by atoms with Crippen molar-refractivity contribution in [2.45, 2.75) is 49.3 Å². The van der Waals surface area contributed by atoms with Crippen molar-refractivity contribution in [3.05, 3.63) is 23.3 Å². The van der Waals surface area contributed by atoms with Crippen molar-refractivity contribution in [1.29, 1.82) is 0 Å². The lowest BCUT2D eigenvalue weighted by Crippen LogP contribution is -1.96. The lowest BCUT2D eigenvalue weighted by Gasteiger charge is -2.15. The molecule has 0 saturated heterocycles. The Morgan fingerprint density at radius 3 is 1.53 bits per heavy atom. The Bertz CT molecular complexity index is 334. The van der Waals surface area contributed by atoms with Gasteiger partial charge in [0.15, 0.2) is 0 Å². The molecule has 0 aromatic heterocycles. The minimum atomic E-state index is 0.631. The Balaban J connectivity index is 2.54. The maximum atomic E-state index is 2.32. The second-order valence-electron chi connectivity index (χ2n) is 4.45. The van der Waals surface area contributed by atoms with Gasteiger partial charge < -0.3 is 0 Å². The van der Waals surface area contributed by atoms with Crippen molar-refractivity contribution in [1.82, 2.24) is 0 Å². The quantitative estimate of drug-likeness (QED) is 0.623. The molecule has 0 saturated carbocycles. The van der Waals surface area contributed by atoms with E-state index in [1.54, 1.807) is 0 Å². The summed E-state index contributed by atoms with van der Waals surface area (Å²) in [4.78, 5) is 3.04. The topological polar surface area (TPSA) is 0 Å². The van der Waals surface area contributed by atoms with Crippen molar-refractivity contribution in [3.63, 3.8) is 0 Å². The van der Waals surface area contributed by atoms with E-state index in [4.69, 9.17) is 0 Å². The predicted octanol–water partition coefficient (Wildman–Crippen LogP) is 5.69. The van der Waals surface area contributed by atoms with Gasteiger partial charge in [0.05, 0.1) is 0 Å². The van der Waals surface area contributed by atoms with Crippen LogP contribution in [0.1, 0.15) is 50.7 Å². The molecule has 0 amide bonds. The maximum absolute atomic E-state index is 2.32. The normalized spacial score (nSPS) is 15.1. The lowest BCUT2D eigenvalue weighted by molar-refractivity contribution is 0.793. The molecule has 0 fully saturated rings. The third-order valence-electron chi connectivity index (χ3n) is 2.65. The first-order chi connectivity index (χ1) is 7.11. The largest absolute Gasteiger partial charge is 0.0586 e. The van der Waals surface area contributed by atoms with Crippen LogP contribution in [0.2, 0.25) is 0 Å². The van der Waals surface area contributed by atoms with Crippen molar-refractivity contribution in [2.75, 3.05) is 0 Å². The summed E-state index contributed by atoms with van der Waals surface area (Å²) in [7, 11) is 5.77. The van der Waals surface area contributed by atoms with E-state index in [0.29, 0.717) is 11.8 Å². The van der Waals surface area contributed by atoms with Crippen LogP contribution in [0.5, 0.6) is 0 Å². The Labute approximate surface area is 104 Å². The van der Waals surface area contributed by atoms with Crippen LogP contribution in [0.3, 0.4) is 0 Å². The highest BCUT2D eigenvalue weighted by molar-refractivity contribution is 9.10. The number of hydrogen-bond donors (Lipinski definition) is 0. The first-order valence-electron chi connectivity index (χ1n) is 5.29. The standard InChI is InChI=1S/C12H16S3/c1-7(2)9-5-6-10(8(3)4)12-11(9)13-15-14-12/h5-8H,1-4H3.